The molecule has 2 rings (SSSR count). The Bertz CT molecular complexity index is 566. The van der Waals surface area contributed by atoms with E-state index in [1.165, 1.54) is 0 Å². The zero-order valence-electron chi connectivity index (χ0n) is 11.4. The number of hydrogen-bond acceptors (Lipinski definition) is 4. The van der Waals surface area contributed by atoms with Gasteiger partial charge in [0, 0.05) is 6.61 Å². The molecule has 0 spiro atoms. The van der Waals surface area contributed by atoms with Gasteiger partial charge in [0.25, 0.3) is 0 Å². The minimum absolute atomic E-state index is 0.0943. The zero-order chi connectivity index (χ0) is 14.4. The average Bonchev–Trinajstić information content (AvgIpc) is 2.48. The Labute approximate surface area is 118 Å². The molecule has 0 aliphatic rings. The summed E-state index contributed by atoms with van der Waals surface area (Å²) in [4.78, 5) is 0. The van der Waals surface area contributed by atoms with Gasteiger partial charge in [0.1, 0.15) is 0 Å². The third-order valence-electron chi connectivity index (χ3n) is 2.98. The Kier molecular flexibility index (Phi) is 4.85. The van der Waals surface area contributed by atoms with E-state index in [0.717, 1.165) is 5.56 Å². The molecule has 0 aliphatic heterocycles. The summed E-state index contributed by atoms with van der Waals surface area (Å²) in [5.74, 6) is 1.63. The van der Waals surface area contributed by atoms with Crippen LogP contribution in [0.5, 0.6) is 23.0 Å². The van der Waals surface area contributed by atoms with E-state index in [2.05, 4.69) is 0 Å². The van der Waals surface area contributed by atoms with Crippen LogP contribution < -0.4 is 9.47 Å². The summed E-state index contributed by atoms with van der Waals surface area (Å²) in [6.45, 7) is 0.0943. The van der Waals surface area contributed by atoms with Crippen molar-refractivity contribution in [2.45, 2.75) is 12.8 Å². The van der Waals surface area contributed by atoms with Crippen molar-refractivity contribution in [1.82, 2.24) is 0 Å². The first-order valence-electron chi connectivity index (χ1n) is 6.49. The summed E-state index contributed by atoms with van der Waals surface area (Å²) in [7, 11) is 1.57. The molecule has 2 aromatic rings. The van der Waals surface area contributed by atoms with E-state index < -0.39 is 0 Å². The maximum absolute atomic E-state index is 10.2. The lowest BCUT2D eigenvalue weighted by molar-refractivity contribution is 0.287. The first-order chi connectivity index (χ1) is 9.76. The van der Waals surface area contributed by atoms with Crippen LogP contribution in [0.2, 0.25) is 0 Å². The first kappa shape index (κ1) is 14.2. The quantitative estimate of drug-likeness (QED) is 0.849. The molecule has 2 aromatic carbocycles. The molecule has 0 aliphatic carbocycles. The number of rotatable bonds is 6. The van der Waals surface area contributed by atoms with E-state index in [1.54, 1.807) is 25.3 Å². The van der Waals surface area contributed by atoms with Crippen LogP contribution in [0.3, 0.4) is 0 Å². The Hall–Kier alpha value is -2.20. The highest BCUT2D eigenvalue weighted by Gasteiger charge is 2.11. The van der Waals surface area contributed by atoms with Crippen molar-refractivity contribution < 1.29 is 19.7 Å². The number of aliphatic hydroxyl groups is 1. The predicted octanol–water partition coefficient (Wildman–Crippen LogP) is 3.12. The van der Waals surface area contributed by atoms with Crippen molar-refractivity contribution in [2.24, 2.45) is 0 Å². The average molecular weight is 274 g/mol. The molecule has 106 valence electrons. The number of methoxy groups -OCH3 is 1. The molecule has 0 saturated carbocycles. The van der Waals surface area contributed by atoms with Crippen molar-refractivity contribution in [3.05, 3.63) is 48.0 Å². The molecule has 20 heavy (non-hydrogen) atoms. The third kappa shape index (κ3) is 3.22. The molecule has 0 bridgehead atoms. The Morgan fingerprint density at radius 3 is 2.35 bits per heavy atom. The van der Waals surface area contributed by atoms with Crippen LogP contribution in [0, 0.1) is 0 Å². The molecule has 2 N–H and O–H groups in total. The topological polar surface area (TPSA) is 58.9 Å². The fourth-order valence-electron chi connectivity index (χ4n) is 1.94. The number of aryl methyl sites for hydroxylation is 1. The van der Waals surface area contributed by atoms with Gasteiger partial charge in [0.2, 0.25) is 0 Å². The maximum Gasteiger partial charge on any atom is 0.169 e. The lowest BCUT2D eigenvalue weighted by Gasteiger charge is -2.13. The van der Waals surface area contributed by atoms with Gasteiger partial charge in [0.15, 0.2) is 23.0 Å². The van der Waals surface area contributed by atoms with E-state index in [4.69, 9.17) is 14.6 Å². The van der Waals surface area contributed by atoms with Crippen molar-refractivity contribution >= 4 is 0 Å². The highest BCUT2D eigenvalue weighted by atomic mass is 16.5. The lowest BCUT2D eigenvalue weighted by Crippen LogP contribution is -1.94. The molecular weight excluding hydrogens is 256 g/mol. The van der Waals surface area contributed by atoms with Gasteiger partial charge in [-0.15, -0.1) is 0 Å². The fraction of sp³-hybridized carbons (Fsp3) is 0.250. The van der Waals surface area contributed by atoms with Crippen molar-refractivity contribution in [2.75, 3.05) is 13.7 Å². The van der Waals surface area contributed by atoms with Gasteiger partial charge >= 0.3 is 0 Å². The van der Waals surface area contributed by atoms with E-state index in [1.807, 2.05) is 24.3 Å². The van der Waals surface area contributed by atoms with Crippen LogP contribution in [0.1, 0.15) is 12.0 Å². The van der Waals surface area contributed by atoms with Crippen molar-refractivity contribution in [1.29, 1.82) is 0 Å². The number of aromatic hydroxyl groups is 1. The number of aliphatic hydroxyl groups excluding tert-OH is 1. The SMILES string of the molecule is COc1ccccc1Oc1cccc(CCCO)c1O. The van der Waals surface area contributed by atoms with Gasteiger partial charge in [-0.1, -0.05) is 24.3 Å². The molecule has 4 heteroatoms. The second kappa shape index (κ2) is 6.82. The largest absolute Gasteiger partial charge is 0.504 e. The van der Waals surface area contributed by atoms with Gasteiger partial charge in [-0.3, -0.25) is 0 Å². The number of phenols is 1. The molecule has 0 radical (unpaired) electrons. The van der Waals surface area contributed by atoms with Crippen LogP contribution in [0.25, 0.3) is 0 Å². The van der Waals surface area contributed by atoms with Crippen molar-refractivity contribution in [3.63, 3.8) is 0 Å². The summed E-state index contributed by atoms with van der Waals surface area (Å²) in [5.41, 5.74) is 0.756. The number of hydrogen-bond donors (Lipinski definition) is 2. The number of para-hydroxylation sites is 3. The molecule has 4 nitrogen and oxygen atoms in total. The Balaban J connectivity index is 2.25. The zero-order valence-corrected chi connectivity index (χ0v) is 11.4. The fourth-order valence-corrected chi connectivity index (χ4v) is 1.94. The predicted molar refractivity (Wildman–Crippen MR) is 76.6 cm³/mol. The monoisotopic (exact) mass is 274 g/mol. The summed E-state index contributed by atoms with van der Waals surface area (Å²) in [6, 6.07) is 12.6. The Morgan fingerprint density at radius 2 is 1.65 bits per heavy atom. The smallest absolute Gasteiger partial charge is 0.169 e. The minimum Gasteiger partial charge on any atom is -0.504 e. The van der Waals surface area contributed by atoms with E-state index in [9.17, 15) is 5.11 Å². The van der Waals surface area contributed by atoms with Gasteiger partial charge in [-0.25, -0.2) is 0 Å². The maximum atomic E-state index is 10.2. The molecule has 0 aromatic heterocycles. The van der Waals surface area contributed by atoms with Crippen LogP contribution in [0.15, 0.2) is 42.5 Å². The summed E-state index contributed by atoms with van der Waals surface area (Å²) < 4.78 is 10.9. The number of ether oxygens (including phenoxy) is 2. The Morgan fingerprint density at radius 1 is 0.950 bits per heavy atom. The molecule has 0 unspecified atom stereocenters. The summed E-state index contributed by atoms with van der Waals surface area (Å²) in [6.07, 6.45) is 1.21. The molecule has 0 fully saturated rings. The van der Waals surface area contributed by atoms with Crippen LogP contribution in [0.4, 0.5) is 0 Å². The van der Waals surface area contributed by atoms with E-state index in [-0.39, 0.29) is 12.4 Å². The molecular formula is C16H18O4. The normalized spacial score (nSPS) is 10.3. The molecule has 0 amide bonds. The summed E-state index contributed by atoms with van der Waals surface area (Å²) in [5, 5.41) is 19.1. The van der Waals surface area contributed by atoms with Crippen LogP contribution in [-0.2, 0) is 6.42 Å². The second-order valence-corrected chi connectivity index (χ2v) is 4.34. The molecule has 0 heterocycles. The molecule has 0 saturated heterocycles. The highest BCUT2D eigenvalue weighted by Crippen LogP contribution is 2.37. The van der Waals surface area contributed by atoms with Crippen molar-refractivity contribution in [3.8, 4) is 23.0 Å². The van der Waals surface area contributed by atoms with Crippen LogP contribution in [-0.4, -0.2) is 23.9 Å². The molecule has 0 atom stereocenters. The third-order valence-corrected chi connectivity index (χ3v) is 2.98. The van der Waals surface area contributed by atoms with Gasteiger partial charge in [0.05, 0.1) is 7.11 Å². The van der Waals surface area contributed by atoms with Crippen LogP contribution >= 0.6 is 0 Å². The van der Waals surface area contributed by atoms with E-state index >= 15 is 0 Å². The summed E-state index contributed by atoms with van der Waals surface area (Å²) >= 11 is 0. The standard InChI is InChI=1S/C16H18O4/c1-19-13-8-2-3-9-14(13)20-15-10-4-6-12(16(15)18)7-5-11-17/h2-4,6,8-10,17-18H,5,7,11H2,1H3. The van der Waals surface area contributed by atoms with Gasteiger partial charge < -0.3 is 19.7 Å². The number of phenolic OH excluding ortho intramolecular Hbond substituents is 1. The highest BCUT2D eigenvalue weighted by molar-refractivity contribution is 5.50. The van der Waals surface area contributed by atoms with Gasteiger partial charge in [-0.2, -0.15) is 0 Å². The second-order valence-electron chi connectivity index (χ2n) is 4.34. The minimum atomic E-state index is 0.0943. The first-order valence-corrected chi connectivity index (χ1v) is 6.49. The lowest BCUT2D eigenvalue weighted by atomic mass is 10.1. The van der Waals surface area contributed by atoms with E-state index in [0.29, 0.717) is 30.1 Å². The van der Waals surface area contributed by atoms with Gasteiger partial charge in [-0.05, 0) is 36.6 Å². The number of benzene rings is 2.